The number of tetrazole rings is 1. The molecule has 5 nitrogen and oxygen atoms in total. The number of aromatic nitrogens is 4. The van der Waals surface area contributed by atoms with Crippen LogP contribution in [0.1, 0.15) is 37.8 Å². The van der Waals surface area contributed by atoms with E-state index in [9.17, 15) is 4.39 Å². The average molecular weight is 275 g/mol. The Kier molecular flexibility index (Phi) is 3.16. The molecule has 1 saturated carbocycles. The van der Waals surface area contributed by atoms with Gasteiger partial charge < -0.3 is 5.73 Å². The Hall–Kier alpha value is -1.98. The summed E-state index contributed by atoms with van der Waals surface area (Å²) in [5.74, 6) is 0.907. The second-order valence-corrected chi connectivity index (χ2v) is 5.47. The van der Waals surface area contributed by atoms with Crippen molar-refractivity contribution in [2.75, 3.05) is 5.73 Å². The fourth-order valence-corrected chi connectivity index (χ4v) is 2.65. The molecule has 0 aliphatic heterocycles. The van der Waals surface area contributed by atoms with Crippen molar-refractivity contribution in [3.05, 3.63) is 23.5 Å². The number of halogens is 1. The maximum absolute atomic E-state index is 13.8. The van der Waals surface area contributed by atoms with E-state index in [1.165, 1.54) is 12.5 Å². The molecule has 0 saturated heterocycles. The predicted molar refractivity (Wildman–Crippen MR) is 74.4 cm³/mol. The van der Waals surface area contributed by atoms with Crippen molar-refractivity contribution in [3.8, 4) is 11.4 Å². The van der Waals surface area contributed by atoms with Gasteiger partial charge in [-0.15, -0.1) is 5.10 Å². The first-order valence-corrected chi connectivity index (χ1v) is 6.95. The molecule has 2 atom stereocenters. The van der Waals surface area contributed by atoms with E-state index in [1.54, 1.807) is 13.0 Å². The number of rotatable bonds is 4. The van der Waals surface area contributed by atoms with Gasteiger partial charge in [0.2, 0.25) is 0 Å². The number of hydrogen-bond acceptors (Lipinski definition) is 4. The van der Waals surface area contributed by atoms with Gasteiger partial charge in [0.15, 0.2) is 5.82 Å². The average Bonchev–Trinajstić information content (AvgIpc) is 3.01. The highest BCUT2D eigenvalue weighted by Crippen LogP contribution is 2.47. The fraction of sp³-hybridized carbons (Fsp3) is 0.500. The summed E-state index contributed by atoms with van der Waals surface area (Å²) >= 11 is 0. The van der Waals surface area contributed by atoms with Gasteiger partial charge in [-0.1, -0.05) is 13.3 Å². The maximum Gasteiger partial charge on any atom is 0.182 e. The SMILES string of the molecule is CCCC1CC1n1nnnc1-c1cc(N)c(C)c(F)c1. The van der Waals surface area contributed by atoms with Crippen molar-refractivity contribution in [2.45, 2.75) is 39.2 Å². The Balaban J connectivity index is 1.94. The third-order valence-electron chi connectivity index (χ3n) is 3.99. The van der Waals surface area contributed by atoms with E-state index < -0.39 is 0 Å². The number of nitrogens with two attached hydrogens (primary N) is 1. The highest BCUT2D eigenvalue weighted by atomic mass is 19.1. The van der Waals surface area contributed by atoms with Crippen LogP contribution in [0.4, 0.5) is 10.1 Å². The quantitative estimate of drug-likeness (QED) is 0.871. The van der Waals surface area contributed by atoms with E-state index in [2.05, 4.69) is 22.4 Å². The van der Waals surface area contributed by atoms with Gasteiger partial charge >= 0.3 is 0 Å². The zero-order chi connectivity index (χ0) is 14.3. The molecule has 2 aromatic rings. The molecular formula is C14H18FN5. The zero-order valence-electron chi connectivity index (χ0n) is 11.7. The molecule has 1 aliphatic rings. The molecular weight excluding hydrogens is 257 g/mol. The maximum atomic E-state index is 13.8. The molecule has 1 aliphatic carbocycles. The summed E-state index contributed by atoms with van der Waals surface area (Å²) in [6.07, 6.45) is 3.43. The lowest BCUT2D eigenvalue weighted by Gasteiger charge is -2.07. The topological polar surface area (TPSA) is 69.6 Å². The molecule has 106 valence electrons. The lowest BCUT2D eigenvalue weighted by atomic mass is 10.1. The van der Waals surface area contributed by atoms with Crippen molar-refractivity contribution < 1.29 is 4.39 Å². The Bertz CT molecular complexity index is 613. The Morgan fingerprint density at radius 1 is 1.45 bits per heavy atom. The first kappa shape index (κ1) is 13.0. The van der Waals surface area contributed by atoms with Crippen molar-refractivity contribution >= 4 is 5.69 Å². The third-order valence-corrected chi connectivity index (χ3v) is 3.99. The van der Waals surface area contributed by atoms with Crippen molar-refractivity contribution in [1.29, 1.82) is 0 Å². The minimum atomic E-state index is -0.324. The Morgan fingerprint density at radius 3 is 2.95 bits per heavy atom. The molecule has 0 spiro atoms. The van der Waals surface area contributed by atoms with Crippen LogP contribution in [0.3, 0.4) is 0 Å². The van der Waals surface area contributed by atoms with Crippen molar-refractivity contribution in [2.24, 2.45) is 5.92 Å². The first-order chi connectivity index (χ1) is 9.61. The van der Waals surface area contributed by atoms with Crippen molar-refractivity contribution in [1.82, 2.24) is 20.2 Å². The van der Waals surface area contributed by atoms with Gasteiger partial charge in [-0.25, -0.2) is 9.07 Å². The summed E-state index contributed by atoms with van der Waals surface area (Å²) in [5, 5.41) is 11.8. The summed E-state index contributed by atoms with van der Waals surface area (Å²) in [6, 6.07) is 3.52. The lowest BCUT2D eigenvalue weighted by Crippen LogP contribution is -2.03. The summed E-state index contributed by atoms with van der Waals surface area (Å²) < 4.78 is 15.6. The standard InChI is InChI=1S/C14H18FN5/c1-3-4-9-7-13(9)20-14(17-18-19-20)10-5-11(15)8(2)12(16)6-10/h5-6,9,13H,3-4,7,16H2,1-2H3. The van der Waals surface area contributed by atoms with Crippen LogP contribution in [0, 0.1) is 18.7 Å². The normalized spacial score (nSPS) is 21.1. The van der Waals surface area contributed by atoms with Gasteiger partial charge in [0.25, 0.3) is 0 Å². The Labute approximate surface area is 117 Å². The number of nitrogen functional groups attached to an aromatic ring is 1. The smallest absolute Gasteiger partial charge is 0.182 e. The summed E-state index contributed by atoms with van der Waals surface area (Å²) in [6.45, 7) is 3.83. The van der Waals surface area contributed by atoms with Crippen LogP contribution < -0.4 is 5.73 Å². The molecule has 1 aromatic heterocycles. The summed E-state index contributed by atoms with van der Waals surface area (Å²) in [7, 11) is 0. The van der Waals surface area contributed by atoms with E-state index in [-0.39, 0.29) is 5.82 Å². The number of benzene rings is 1. The molecule has 0 radical (unpaired) electrons. The third kappa shape index (κ3) is 2.15. The summed E-state index contributed by atoms with van der Waals surface area (Å²) in [5.41, 5.74) is 7.35. The molecule has 0 bridgehead atoms. The molecule has 3 rings (SSSR count). The molecule has 20 heavy (non-hydrogen) atoms. The number of nitrogens with zero attached hydrogens (tertiary/aromatic N) is 4. The second kappa shape index (κ2) is 4.85. The summed E-state index contributed by atoms with van der Waals surface area (Å²) in [4.78, 5) is 0. The zero-order valence-corrected chi connectivity index (χ0v) is 11.7. The van der Waals surface area contributed by atoms with Crippen molar-refractivity contribution in [3.63, 3.8) is 0 Å². The molecule has 1 heterocycles. The second-order valence-electron chi connectivity index (χ2n) is 5.47. The van der Waals surface area contributed by atoms with Gasteiger partial charge in [-0.2, -0.15) is 0 Å². The molecule has 6 heteroatoms. The van der Waals surface area contributed by atoms with Crippen LogP contribution >= 0.6 is 0 Å². The largest absolute Gasteiger partial charge is 0.398 e. The van der Waals surface area contributed by atoms with E-state index in [0.29, 0.717) is 34.6 Å². The van der Waals surface area contributed by atoms with Gasteiger partial charge in [0.05, 0.1) is 6.04 Å². The van der Waals surface area contributed by atoms with Gasteiger partial charge in [0, 0.05) is 16.8 Å². The van der Waals surface area contributed by atoms with Crippen LogP contribution in [0.2, 0.25) is 0 Å². The molecule has 2 unspecified atom stereocenters. The van der Waals surface area contributed by atoms with Crippen LogP contribution in [-0.2, 0) is 0 Å². The van der Waals surface area contributed by atoms with E-state index in [4.69, 9.17) is 5.73 Å². The lowest BCUT2D eigenvalue weighted by molar-refractivity contribution is 0.548. The highest BCUT2D eigenvalue weighted by molar-refractivity contribution is 5.64. The molecule has 1 aromatic carbocycles. The Morgan fingerprint density at radius 2 is 2.25 bits per heavy atom. The first-order valence-electron chi connectivity index (χ1n) is 6.95. The van der Waals surface area contributed by atoms with Crippen LogP contribution in [0.5, 0.6) is 0 Å². The number of hydrogen-bond donors (Lipinski definition) is 1. The van der Waals surface area contributed by atoms with E-state index in [0.717, 1.165) is 12.8 Å². The van der Waals surface area contributed by atoms with Gasteiger partial charge in [-0.3, -0.25) is 0 Å². The monoisotopic (exact) mass is 275 g/mol. The van der Waals surface area contributed by atoms with Crippen LogP contribution in [0.15, 0.2) is 12.1 Å². The molecule has 2 N–H and O–H groups in total. The number of anilines is 1. The van der Waals surface area contributed by atoms with Gasteiger partial charge in [-0.05, 0) is 48.2 Å². The van der Waals surface area contributed by atoms with E-state index >= 15 is 0 Å². The minimum Gasteiger partial charge on any atom is -0.398 e. The van der Waals surface area contributed by atoms with Crippen LogP contribution in [-0.4, -0.2) is 20.2 Å². The minimum absolute atomic E-state index is 0.324. The van der Waals surface area contributed by atoms with Crippen LogP contribution in [0.25, 0.3) is 11.4 Å². The highest BCUT2D eigenvalue weighted by Gasteiger charge is 2.40. The molecule has 0 amide bonds. The predicted octanol–water partition coefficient (Wildman–Crippen LogP) is 2.73. The van der Waals surface area contributed by atoms with E-state index in [1.807, 2.05) is 4.68 Å². The van der Waals surface area contributed by atoms with Gasteiger partial charge in [0.1, 0.15) is 5.82 Å². The molecule has 1 fully saturated rings. The fourth-order valence-electron chi connectivity index (χ4n) is 2.65.